The summed E-state index contributed by atoms with van der Waals surface area (Å²) in [7, 11) is 0. The molecule has 0 saturated carbocycles. The second-order valence-electron chi connectivity index (χ2n) is 5.02. The maximum absolute atomic E-state index is 11.3. The van der Waals surface area contributed by atoms with E-state index in [0.29, 0.717) is 0 Å². The Morgan fingerprint density at radius 1 is 1.11 bits per heavy atom. The van der Waals surface area contributed by atoms with Gasteiger partial charge in [0.2, 0.25) is 0 Å². The molecule has 19 heavy (non-hydrogen) atoms. The minimum absolute atomic E-state index is 0.178. The number of nitro benzene ring substituents is 1. The van der Waals surface area contributed by atoms with Crippen molar-refractivity contribution in [2.24, 2.45) is 0 Å². The Labute approximate surface area is 113 Å². The summed E-state index contributed by atoms with van der Waals surface area (Å²) in [5.41, 5.74) is 3.95. The highest BCUT2D eigenvalue weighted by Crippen LogP contribution is 2.36. The van der Waals surface area contributed by atoms with Crippen LogP contribution >= 0.6 is 0 Å². The summed E-state index contributed by atoms with van der Waals surface area (Å²) in [6, 6.07) is 13.2. The second-order valence-corrected chi connectivity index (χ2v) is 5.02. The number of nitro groups is 1. The van der Waals surface area contributed by atoms with Crippen LogP contribution in [-0.4, -0.2) is 4.92 Å². The number of hydrogen-bond donors (Lipinski definition) is 0. The largest absolute Gasteiger partial charge is 0.277 e. The monoisotopic (exact) mass is 255 g/mol. The van der Waals surface area contributed by atoms with Gasteiger partial charge in [-0.1, -0.05) is 55.8 Å². The zero-order chi connectivity index (χ0) is 14.0. The first kappa shape index (κ1) is 13.3. The molecule has 0 amide bonds. The lowest BCUT2D eigenvalue weighted by atomic mass is 9.90. The van der Waals surface area contributed by atoms with Crippen molar-refractivity contribution in [2.45, 2.75) is 26.7 Å². The van der Waals surface area contributed by atoms with Crippen LogP contribution in [0.5, 0.6) is 0 Å². The molecule has 0 N–H and O–H groups in total. The molecule has 3 heteroatoms. The molecule has 0 aliphatic rings. The van der Waals surface area contributed by atoms with E-state index in [1.165, 1.54) is 0 Å². The number of rotatable bonds is 3. The van der Waals surface area contributed by atoms with Gasteiger partial charge in [-0.05, 0) is 24.0 Å². The van der Waals surface area contributed by atoms with Gasteiger partial charge in [-0.15, -0.1) is 0 Å². The van der Waals surface area contributed by atoms with Crippen molar-refractivity contribution in [1.29, 1.82) is 0 Å². The standard InChI is InChI=1S/C16H17NO2/c1-11(2)14-8-5-9-15(17(18)19)16(14)13-7-4-6-12(3)10-13/h4-11H,1-3H3. The molecule has 2 rings (SSSR count). The van der Waals surface area contributed by atoms with Gasteiger partial charge in [-0.2, -0.15) is 0 Å². The summed E-state index contributed by atoms with van der Waals surface area (Å²) < 4.78 is 0. The summed E-state index contributed by atoms with van der Waals surface area (Å²) in [5, 5.41) is 11.3. The van der Waals surface area contributed by atoms with Crippen LogP contribution in [0.3, 0.4) is 0 Å². The zero-order valence-electron chi connectivity index (χ0n) is 11.4. The van der Waals surface area contributed by atoms with E-state index < -0.39 is 0 Å². The van der Waals surface area contributed by atoms with E-state index in [0.717, 1.165) is 22.3 Å². The minimum Gasteiger partial charge on any atom is -0.258 e. The third-order valence-corrected chi connectivity index (χ3v) is 3.20. The van der Waals surface area contributed by atoms with Crippen LogP contribution < -0.4 is 0 Å². The first-order chi connectivity index (χ1) is 9.00. The van der Waals surface area contributed by atoms with E-state index >= 15 is 0 Å². The molecule has 0 aliphatic carbocycles. The van der Waals surface area contributed by atoms with Crippen molar-refractivity contribution in [2.75, 3.05) is 0 Å². The molecule has 0 aliphatic heterocycles. The molecule has 98 valence electrons. The number of hydrogen-bond acceptors (Lipinski definition) is 2. The molecule has 0 atom stereocenters. The van der Waals surface area contributed by atoms with E-state index in [4.69, 9.17) is 0 Å². The van der Waals surface area contributed by atoms with Crippen molar-refractivity contribution in [3.63, 3.8) is 0 Å². The molecule has 2 aromatic carbocycles. The van der Waals surface area contributed by atoms with Crippen molar-refractivity contribution >= 4 is 5.69 Å². The molecule has 3 nitrogen and oxygen atoms in total. The van der Waals surface area contributed by atoms with Crippen molar-refractivity contribution < 1.29 is 4.92 Å². The van der Waals surface area contributed by atoms with Crippen molar-refractivity contribution in [3.8, 4) is 11.1 Å². The molecule has 2 aromatic rings. The van der Waals surface area contributed by atoms with Crippen LogP contribution in [0.2, 0.25) is 0 Å². The smallest absolute Gasteiger partial charge is 0.258 e. The van der Waals surface area contributed by atoms with Gasteiger partial charge in [-0.25, -0.2) is 0 Å². The maximum atomic E-state index is 11.3. The Balaban J connectivity index is 2.75. The highest BCUT2D eigenvalue weighted by molar-refractivity contribution is 5.77. The van der Waals surface area contributed by atoms with Gasteiger partial charge >= 0.3 is 0 Å². The lowest BCUT2D eigenvalue weighted by molar-refractivity contribution is -0.384. The van der Waals surface area contributed by atoms with Gasteiger partial charge < -0.3 is 0 Å². The molecule has 0 spiro atoms. The highest BCUT2D eigenvalue weighted by atomic mass is 16.6. The fourth-order valence-corrected chi connectivity index (χ4v) is 2.31. The SMILES string of the molecule is Cc1cccc(-c2c(C(C)C)cccc2[N+](=O)[O-])c1. The average molecular weight is 255 g/mol. The molecule has 0 radical (unpaired) electrons. The first-order valence-electron chi connectivity index (χ1n) is 6.35. The van der Waals surface area contributed by atoms with Crippen LogP contribution in [0.1, 0.15) is 30.9 Å². The van der Waals surface area contributed by atoms with Gasteiger partial charge in [0.1, 0.15) is 0 Å². The molecule has 0 bridgehead atoms. The van der Waals surface area contributed by atoms with Crippen molar-refractivity contribution in [1.82, 2.24) is 0 Å². The Morgan fingerprint density at radius 3 is 2.37 bits per heavy atom. The molecule has 0 unspecified atom stereocenters. The minimum atomic E-state index is -0.302. The Hall–Kier alpha value is -2.16. The highest BCUT2D eigenvalue weighted by Gasteiger charge is 2.20. The third kappa shape index (κ3) is 2.65. The van der Waals surface area contributed by atoms with E-state index in [1.807, 2.05) is 37.3 Å². The molecular weight excluding hydrogens is 238 g/mol. The lowest BCUT2D eigenvalue weighted by Crippen LogP contribution is -1.98. The predicted molar refractivity (Wildman–Crippen MR) is 77.4 cm³/mol. The van der Waals surface area contributed by atoms with Gasteiger partial charge in [0, 0.05) is 6.07 Å². The first-order valence-corrected chi connectivity index (χ1v) is 6.35. The summed E-state index contributed by atoms with van der Waals surface area (Å²) in [5.74, 6) is 0.246. The summed E-state index contributed by atoms with van der Waals surface area (Å²) in [6.45, 7) is 6.10. The summed E-state index contributed by atoms with van der Waals surface area (Å²) in [6.07, 6.45) is 0. The van der Waals surface area contributed by atoms with Crippen molar-refractivity contribution in [3.05, 3.63) is 63.7 Å². The number of nitrogens with zero attached hydrogens (tertiary/aromatic N) is 1. The van der Waals surface area contributed by atoms with Crippen LogP contribution in [0.25, 0.3) is 11.1 Å². The fraction of sp³-hybridized carbons (Fsp3) is 0.250. The topological polar surface area (TPSA) is 43.1 Å². The Morgan fingerprint density at radius 2 is 1.79 bits per heavy atom. The van der Waals surface area contributed by atoms with Gasteiger partial charge in [-0.3, -0.25) is 10.1 Å². The van der Waals surface area contributed by atoms with Crippen LogP contribution in [0.15, 0.2) is 42.5 Å². The predicted octanol–water partition coefficient (Wildman–Crippen LogP) is 4.69. The molecule has 0 fully saturated rings. The molecule has 0 saturated heterocycles. The second kappa shape index (κ2) is 5.22. The zero-order valence-corrected chi connectivity index (χ0v) is 11.4. The van der Waals surface area contributed by atoms with E-state index in [-0.39, 0.29) is 16.5 Å². The van der Waals surface area contributed by atoms with Gasteiger partial charge in [0.25, 0.3) is 5.69 Å². The molecule has 0 heterocycles. The normalized spacial score (nSPS) is 10.7. The Kier molecular flexibility index (Phi) is 3.65. The fourth-order valence-electron chi connectivity index (χ4n) is 2.31. The molecule has 0 aromatic heterocycles. The van der Waals surface area contributed by atoms with Crippen LogP contribution in [0.4, 0.5) is 5.69 Å². The quantitative estimate of drug-likeness (QED) is 0.589. The lowest BCUT2D eigenvalue weighted by Gasteiger charge is -2.13. The third-order valence-electron chi connectivity index (χ3n) is 3.20. The summed E-state index contributed by atoms with van der Waals surface area (Å²) >= 11 is 0. The average Bonchev–Trinajstić information content (AvgIpc) is 2.37. The number of benzene rings is 2. The van der Waals surface area contributed by atoms with Crippen LogP contribution in [0, 0.1) is 17.0 Å². The van der Waals surface area contributed by atoms with E-state index in [2.05, 4.69) is 13.8 Å². The van der Waals surface area contributed by atoms with Crippen LogP contribution in [-0.2, 0) is 0 Å². The summed E-state index contributed by atoms with van der Waals surface area (Å²) in [4.78, 5) is 11.0. The maximum Gasteiger partial charge on any atom is 0.277 e. The van der Waals surface area contributed by atoms with Gasteiger partial charge in [0.15, 0.2) is 0 Å². The van der Waals surface area contributed by atoms with E-state index in [1.54, 1.807) is 12.1 Å². The Bertz CT molecular complexity index is 618. The van der Waals surface area contributed by atoms with Gasteiger partial charge in [0.05, 0.1) is 10.5 Å². The number of aryl methyl sites for hydroxylation is 1. The molecular formula is C16H17NO2. The van der Waals surface area contributed by atoms with E-state index in [9.17, 15) is 10.1 Å².